The van der Waals surface area contributed by atoms with Gasteiger partial charge in [0.05, 0.1) is 11.1 Å². The number of ether oxygens (including phenoxy) is 2. The lowest BCUT2D eigenvalue weighted by molar-refractivity contribution is -0.156. The smallest absolute Gasteiger partial charge is 0.306 e. The Morgan fingerprint density at radius 3 is 2.56 bits per heavy atom. The summed E-state index contributed by atoms with van der Waals surface area (Å²) < 4.78 is 14.1. The van der Waals surface area contributed by atoms with E-state index in [9.17, 15) is 4.79 Å². The third-order valence-electron chi connectivity index (χ3n) is 6.71. The number of esters is 1. The molecule has 0 aliphatic heterocycles. The summed E-state index contributed by atoms with van der Waals surface area (Å²) in [5, 5.41) is 9.18. The van der Waals surface area contributed by atoms with Crippen LogP contribution in [0.4, 0.5) is 5.95 Å². The first kappa shape index (κ1) is 29.6. The standard InChI is InChI=1S/C28H41BrN6O3Si/c1-28(2,3)38-24(36)16-19-10-12-20(13-11-19)31-27-30-17-21-25(22-8-7-9-23(29)32-22)34-35(26(21)33-27)18-37-14-15-39(4,5)6/h7-9,17,19-20H,10-16,18H2,1-6H3,(H,30,31,33). The van der Waals surface area contributed by atoms with Crippen molar-refractivity contribution >= 4 is 47.0 Å². The summed E-state index contributed by atoms with van der Waals surface area (Å²) in [5.74, 6) is 0.829. The number of hydrogen-bond donors (Lipinski definition) is 1. The number of nitrogens with one attached hydrogen (secondary N) is 1. The molecule has 3 aromatic rings. The van der Waals surface area contributed by atoms with Crippen molar-refractivity contribution < 1.29 is 14.3 Å². The molecule has 1 fully saturated rings. The average Bonchev–Trinajstić information content (AvgIpc) is 3.19. The SMILES string of the molecule is CC(C)(C)OC(=O)CC1CCC(Nc2ncc3c(-c4cccc(Br)n4)nn(COCC[Si](C)(C)C)c3n2)CC1. The number of aromatic nitrogens is 5. The van der Waals surface area contributed by atoms with Crippen molar-refractivity contribution in [3.05, 3.63) is 29.0 Å². The van der Waals surface area contributed by atoms with Gasteiger partial charge in [0.1, 0.15) is 22.6 Å². The number of hydrogen-bond acceptors (Lipinski definition) is 8. The van der Waals surface area contributed by atoms with E-state index < -0.39 is 13.7 Å². The lowest BCUT2D eigenvalue weighted by Crippen LogP contribution is -2.30. The maximum absolute atomic E-state index is 12.2. The van der Waals surface area contributed by atoms with Gasteiger partial charge < -0.3 is 14.8 Å². The minimum atomic E-state index is -1.19. The van der Waals surface area contributed by atoms with Gasteiger partial charge in [0.2, 0.25) is 5.95 Å². The average molecular weight is 618 g/mol. The van der Waals surface area contributed by atoms with Crippen molar-refractivity contribution in [3.63, 3.8) is 0 Å². The number of carbonyl (C=O) groups is 1. The van der Waals surface area contributed by atoms with Gasteiger partial charge in [-0.2, -0.15) is 10.1 Å². The highest BCUT2D eigenvalue weighted by molar-refractivity contribution is 9.10. The van der Waals surface area contributed by atoms with Crippen LogP contribution in [0.1, 0.15) is 52.9 Å². The second kappa shape index (κ2) is 12.4. The molecule has 212 valence electrons. The maximum atomic E-state index is 12.2. The molecule has 0 aromatic carbocycles. The molecule has 0 amide bonds. The predicted molar refractivity (Wildman–Crippen MR) is 160 cm³/mol. The minimum Gasteiger partial charge on any atom is -0.460 e. The highest BCUT2D eigenvalue weighted by Crippen LogP contribution is 2.31. The summed E-state index contributed by atoms with van der Waals surface area (Å²) in [4.78, 5) is 26.3. The number of carbonyl (C=O) groups excluding carboxylic acids is 1. The van der Waals surface area contributed by atoms with Crippen LogP contribution in [0.15, 0.2) is 29.0 Å². The summed E-state index contributed by atoms with van der Waals surface area (Å²) in [5.41, 5.74) is 1.76. The van der Waals surface area contributed by atoms with Crippen molar-refractivity contribution in [2.45, 2.75) is 96.9 Å². The van der Waals surface area contributed by atoms with E-state index in [0.717, 1.165) is 58.8 Å². The number of pyridine rings is 1. The Bertz CT molecular complexity index is 1280. The normalized spacial score (nSPS) is 18.3. The van der Waals surface area contributed by atoms with Crippen LogP contribution < -0.4 is 5.32 Å². The first-order valence-electron chi connectivity index (χ1n) is 13.8. The van der Waals surface area contributed by atoms with Crippen LogP contribution in [-0.2, 0) is 21.0 Å². The molecule has 1 aliphatic carbocycles. The lowest BCUT2D eigenvalue weighted by atomic mass is 9.84. The van der Waals surface area contributed by atoms with Crippen LogP contribution in [0.25, 0.3) is 22.4 Å². The Morgan fingerprint density at radius 1 is 1.15 bits per heavy atom. The first-order valence-corrected chi connectivity index (χ1v) is 18.3. The van der Waals surface area contributed by atoms with Gasteiger partial charge >= 0.3 is 5.97 Å². The number of rotatable bonds is 10. The van der Waals surface area contributed by atoms with Gasteiger partial charge in [-0.05, 0) is 86.5 Å². The zero-order valence-corrected chi connectivity index (χ0v) is 26.5. The van der Waals surface area contributed by atoms with Crippen LogP contribution in [0.5, 0.6) is 0 Å². The van der Waals surface area contributed by atoms with E-state index in [2.05, 4.69) is 50.9 Å². The molecule has 0 spiro atoms. The molecular formula is C28H41BrN6O3Si. The second-order valence-corrected chi connectivity index (χ2v) is 19.1. The van der Waals surface area contributed by atoms with Crippen molar-refractivity contribution in [1.82, 2.24) is 24.7 Å². The van der Waals surface area contributed by atoms with E-state index >= 15 is 0 Å². The summed E-state index contributed by atoms with van der Waals surface area (Å²) in [7, 11) is -1.19. The third kappa shape index (κ3) is 8.81. The number of halogens is 1. The quantitative estimate of drug-likeness (QED) is 0.117. The molecule has 11 heteroatoms. The molecule has 0 bridgehead atoms. The zero-order chi connectivity index (χ0) is 28.2. The van der Waals surface area contributed by atoms with E-state index in [1.165, 1.54) is 0 Å². The highest BCUT2D eigenvalue weighted by Gasteiger charge is 2.26. The van der Waals surface area contributed by atoms with Gasteiger partial charge in [0.15, 0.2) is 5.65 Å². The molecule has 4 rings (SSSR count). The molecule has 0 radical (unpaired) electrons. The summed E-state index contributed by atoms with van der Waals surface area (Å²) in [6, 6.07) is 7.11. The molecule has 1 aliphatic rings. The maximum Gasteiger partial charge on any atom is 0.306 e. The molecule has 3 heterocycles. The molecule has 39 heavy (non-hydrogen) atoms. The topological polar surface area (TPSA) is 104 Å². The van der Waals surface area contributed by atoms with Crippen LogP contribution in [-0.4, -0.2) is 57.0 Å². The Hall–Kier alpha value is -2.37. The van der Waals surface area contributed by atoms with Crippen LogP contribution in [0.3, 0.4) is 0 Å². The molecule has 0 unspecified atom stereocenters. The van der Waals surface area contributed by atoms with Gasteiger partial charge in [-0.25, -0.2) is 14.6 Å². The van der Waals surface area contributed by atoms with Gasteiger partial charge in [-0.15, -0.1) is 0 Å². The summed E-state index contributed by atoms with van der Waals surface area (Å²) in [6.07, 6.45) is 6.17. The minimum absolute atomic E-state index is 0.108. The Kier molecular flexibility index (Phi) is 9.43. The largest absolute Gasteiger partial charge is 0.460 e. The fraction of sp³-hybridized carbons (Fsp3) is 0.607. The van der Waals surface area contributed by atoms with Crippen LogP contribution >= 0.6 is 15.9 Å². The monoisotopic (exact) mass is 616 g/mol. The lowest BCUT2D eigenvalue weighted by Gasteiger charge is -2.29. The third-order valence-corrected chi connectivity index (χ3v) is 8.86. The van der Waals surface area contributed by atoms with Crippen LogP contribution in [0.2, 0.25) is 25.7 Å². The predicted octanol–water partition coefficient (Wildman–Crippen LogP) is 6.67. The highest BCUT2D eigenvalue weighted by atomic mass is 79.9. The fourth-order valence-corrected chi connectivity index (χ4v) is 5.79. The number of fused-ring (bicyclic) bond motifs is 1. The van der Waals surface area contributed by atoms with E-state index in [1.54, 1.807) is 0 Å². The number of nitrogens with zero attached hydrogens (tertiary/aromatic N) is 5. The summed E-state index contributed by atoms with van der Waals surface area (Å²) in [6.45, 7) is 13.8. The molecular weight excluding hydrogens is 576 g/mol. The molecule has 1 N–H and O–H groups in total. The van der Waals surface area contributed by atoms with Crippen molar-refractivity contribution in [1.29, 1.82) is 0 Å². The van der Waals surface area contributed by atoms with Crippen molar-refractivity contribution in [2.75, 3.05) is 11.9 Å². The Labute approximate surface area is 240 Å². The van der Waals surface area contributed by atoms with Crippen molar-refractivity contribution in [2.24, 2.45) is 5.92 Å². The molecule has 9 nitrogen and oxygen atoms in total. The number of anilines is 1. The van der Waals surface area contributed by atoms with Gasteiger partial charge in [-0.3, -0.25) is 4.79 Å². The van der Waals surface area contributed by atoms with E-state index in [4.69, 9.17) is 19.6 Å². The fourth-order valence-electron chi connectivity index (χ4n) is 4.69. The van der Waals surface area contributed by atoms with Crippen LogP contribution in [0, 0.1) is 5.92 Å². The van der Waals surface area contributed by atoms with Gasteiger partial charge in [-0.1, -0.05) is 25.7 Å². The van der Waals surface area contributed by atoms with Gasteiger partial charge in [0.25, 0.3) is 0 Å². The zero-order valence-electron chi connectivity index (χ0n) is 24.0. The Balaban J connectivity index is 1.46. The van der Waals surface area contributed by atoms with E-state index in [-0.39, 0.29) is 12.0 Å². The first-order chi connectivity index (χ1) is 18.4. The van der Waals surface area contributed by atoms with Crippen molar-refractivity contribution in [3.8, 4) is 11.4 Å². The summed E-state index contributed by atoms with van der Waals surface area (Å²) >= 11 is 3.46. The molecule has 3 aromatic heterocycles. The van der Waals surface area contributed by atoms with Gasteiger partial charge in [0, 0.05) is 33.3 Å². The van der Waals surface area contributed by atoms with E-state index in [0.29, 0.717) is 31.6 Å². The molecule has 1 saturated carbocycles. The molecule has 0 atom stereocenters. The molecule has 0 saturated heterocycles. The second-order valence-electron chi connectivity index (χ2n) is 12.6. The Morgan fingerprint density at radius 2 is 1.90 bits per heavy atom. The van der Waals surface area contributed by atoms with E-state index in [1.807, 2.05) is 49.8 Å².